The molecule has 1 atom stereocenters. The quantitative estimate of drug-likeness (QED) is 0.653. The van der Waals surface area contributed by atoms with E-state index in [1.54, 1.807) is 0 Å². The molecule has 7 heteroatoms. The highest BCUT2D eigenvalue weighted by Crippen LogP contribution is 2.35. The van der Waals surface area contributed by atoms with E-state index in [1.165, 1.54) is 43.3 Å². The number of nitro benzene ring substituents is 1. The van der Waals surface area contributed by atoms with Crippen LogP contribution in [0, 0.1) is 15.9 Å². The van der Waals surface area contributed by atoms with Gasteiger partial charge in [0.1, 0.15) is 0 Å². The van der Waals surface area contributed by atoms with Crippen molar-refractivity contribution in [1.82, 2.24) is 0 Å². The molecule has 2 aromatic carbocycles. The maximum absolute atomic E-state index is 13.6. The van der Waals surface area contributed by atoms with Crippen LogP contribution in [0.25, 0.3) is 0 Å². The van der Waals surface area contributed by atoms with E-state index >= 15 is 0 Å². The summed E-state index contributed by atoms with van der Waals surface area (Å²) >= 11 is 3.17. The number of aliphatic hydroxyl groups is 1. The van der Waals surface area contributed by atoms with Crippen molar-refractivity contribution in [3.05, 3.63) is 62.4 Å². The molecule has 0 saturated carbocycles. The Morgan fingerprint density at radius 1 is 1.29 bits per heavy atom. The smallest absolute Gasteiger partial charge is 0.311 e. The lowest BCUT2D eigenvalue weighted by atomic mass is 10.1. The van der Waals surface area contributed by atoms with Crippen LogP contribution in [-0.4, -0.2) is 10.0 Å². The first-order valence-electron chi connectivity index (χ1n) is 5.98. The van der Waals surface area contributed by atoms with Gasteiger partial charge in [-0.2, -0.15) is 0 Å². The molecule has 0 amide bonds. The second-order valence-electron chi connectivity index (χ2n) is 4.34. The number of benzene rings is 2. The Bertz CT molecular complexity index is 691. The number of halogens is 2. The molecule has 21 heavy (non-hydrogen) atoms. The number of rotatable bonds is 4. The van der Waals surface area contributed by atoms with Gasteiger partial charge in [-0.25, -0.2) is 4.39 Å². The fraction of sp³-hybridized carbons (Fsp3) is 0.143. The monoisotopic (exact) mass is 355 g/mol. The molecular weight excluding hydrogens is 345 g/mol. The topological polar surface area (TPSA) is 72.6 Å². The first kappa shape index (κ1) is 15.4. The van der Waals surface area contributed by atoms with E-state index in [-0.39, 0.29) is 17.2 Å². The lowest BCUT2D eigenvalue weighted by molar-refractivity contribution is -0.385. The van der Waals surface area contributed by atoms with Crippen molar-refractivity contribution in [2.24, 2.45) is 0 Å². The third-order valence-electron chi connectivity index (χ3n) is 2.78. The minimum absolute atomic E-state index is 0.0959. The molecule has 2 aromatic rings. The van der Waals surface area contributed by atoms with Crippen molar-refractivity contribution in [3.8, 4) is 11.5 Å². The number of hydrogen-bond acceptors (Lipinski definition) is 4. The fourth-order valence-electron chi connectivity index (χ4n) is 1.70. The van der Waals surface area contributed by atoms with Gasteiger partial charge in [0.2, 0.25) is 5.75 Å². The molecule has 0 heterocycles. The molecule has 0 aliphatic heterocycles. The summed E-state index contributed by atoms with van der Waals surface area (Å²) in [5.74, 6) is -0.856. The zero-order valence-corrected chi connectivity index (χ0v) is 12.5. The number of nitrogens with zero attached hydrogens (tertiary/aromatic N) is 1. The van der Waals surface area contributed by atoms with E-state index in [4.69, 9.17) is 4.74 Å². The summed E-state index contributed by atoms with van der Waals surface area (Å²) in [5, 5.41) is 20.5. The molecule has 0 unspecified atom stereocenters. The SMILES string of the molecule is C[C@@H](O)c1ccc(Oc2cc(Br)ccc2F)c([N+](=O)[O-])c1. The van der Waals surface area contributed by atoms with Crippen molar-refractivity contribution >= 4 is 21.6 Å². The predicted octanol–water partition coefficient (Wildman–Crippen LogP) is 4.34. The lowest BCUT2D eigenvalue weighted by Gasteiger charge is -2.10. The maximum atomic E-state index is 13.6. The minimum Gasteiger partial charge on any atom is -0.447 e. The van der Waals surface area contributed by atoms with Crippen molar-refractivity contribution in [2.45, 2.75) is 13.0 Å². The molecular formula is C14H11BrFNO4. The van der Waals surface area contributed by atoms with Gasteiger partial charge in [0.15, 0.2) is 11.6 Å². The Hall–Kier alpha value is -1.99. The summed E-state index contributed by atoms with van der Waals surface area (Å²) in [6.45, 7) is 1.49. The van der Waals surface area contributed by atoms with Crippen LogP contribution in [0.4, 0.5) is 10.1 Å². The van der Waals surface area contributed by atoms with Gasteiger partial charge in [-0.15, -0.1) is 0 Å². The Morgan fingerprint density at radius 2 is 2.00 bits per heavy atom. The fourth-order valence-corrected chi connectivity index (χ4v) is 2.04. The van der Waals surface area contributed by atoms with Crippen molar-refractivity contribution in [1.29, 1.82) is 0 Å². The largest absolute Gasteiger partial charge is 0.447 e. The average Bonchev–Trinajstić information content (AvgIpc) is 2.42. The molecule has 0 aromatic heterocycles. The number of ether oxygens (including phenoxy) is 1. The molecule has 0 saturated heterocycles. The van der Waals surface area contributed by atoms with E-state index in [9.17, 15) is 19.6 Å². The predicted molar refractivity (Wildman–Crippen MR) is 77.9 cm³/mol. The highest BCUT2D eigenvalue weighted by molar-refractivity contribution is 9.10. The summed E-state index contributed by atoms with van der Waals surface area (Å²) in [6.07, 6.45) is -0.847. The Morgan fingerprint density at radius 3 is 2.62 bits per heavy atom. The van der Waals surface area contributed by atoms with Crippen LogP contribution >= 0.6 is 15.9 Å². The van der Waals surface area contributed by atoms with Gasteiger partial charge in [0.05, 0.1) is 11.0 Å². The molecule has 1 N–H and O–H groups in total. The van der Waals surface area contributed by atoms with Crippen molar-refractivity contribution in [3.63, 3.8) is 0 Å². The van der Waals surface area contributed by atoms with Gasteiger partial charge < -0.3 is 9.84 Å². The highest BCUT2D eigenvalue weighted by Gasteiger charge is 2.19. The zero-order chi connectivity index (χ0) is 15.6. The van der Waals surface area contributed by atoms with Crippen LogP contribution in [0.1, 0.15) is 18.6 Å². The molecule has 0 fully saturated rings. The summed E-state index contributed by atoms with van der Waals surface area (Å²) in [4.78, 5) is 10.4. The summed E-state index contributed by atoms with van der Waals surface area (Å²) < 4.78 is 19.5. The van der Waals surface area contributed by atoms with Crippen LogP contribution in [0.3, 0.4) is 0 Å². The van der Waals surface area contributed by atoms with Gasteiger partial charge in [0.25, 0.3) is 0 Å². The summed E-state index contributed by atoms with van der Waals surface area (Å²) in [5.41, 5.74) is 0.0385. The Kier molecular flexibility index (Phi) is 4.54. The first-order valence-corrected chi connectivity index (χ1v) is 6.77. The molecule has 0 aliphatic rings. The van der Waals surface area contributed by atoms with Gasteiger partial charge in [-0.3, -0.25) is 10.1 Å². The van der Waals surface area contributed by atoms with Crippen LogP contribution in [0.15, 0.2) is 40.9 Å². The van der Waals surface area contributed by atoms with Crippen LogP contribution in [0.2, 0.25) is 0 Å². The third-order valence-corrected chi connectivity index (χ3v) is 3.27. The maximum Gasteiger partial charge on any atom is 0.311 e. The molecule has 0 radical (unpaired) electrons. The third kappa shape index (κ3) is 3.56. The van der Waals surface area contributed by atoms with Crippen LogP contribution < -0.4 is 4.74 Å². The molecule has 0 spiro atoms. The second-order valence-corrected chi connectivity index (χ2v) is 5.25. The van der Waals surface area contributed by atoms with Crippen LogP contribution in [-0.2, 0) is 0 Å². The van der Waals surface area contributed by atoms with Crippen molar-refractivity contribution in [2.75, 3.05) is 0 Å². The lowest BCUT2D eigenvalue weighted by Crippen LogP contribution is -1.98. The zero-order valence-electron chi connectivity index (χ0n) is 10.9. The van der Waals surface area contributed by atoms with Crippen LogP contribution in [0.5, 0.6) is 11.5 Å². The first-order chi connectivity index (χ1) is 9.88. The van der Waals surface area contributed by atoms with E-state index in [2.05, 4.69) is 15.9 Å². The second kappa shape index (κ2) is 6.19. The standard InChI is InChI=1S/C14H11BrFNO4/c1-8(18)9-2-5-13(12(6-9)17(19)20)21-14-7-10(15)3-4-11(14)16/h2-8,18H,1H3/t8-/m1/s1. The van der Waals surface area contributed by atoms with Gasteiger partial charge in [-0.1, -0.05) is 22.0 Å². The van der Waals surface area contributed by atoms with E-state index in [1.807, 2.05) is 0 Å². The molecule has 0 aliphatic carbocycles. The average molecular weight is 356 g/mol. The minimum atomic E-state index is -0.847. The number of nitro groups is 1. The molecule has 0 bridgehead atoms. The molecule has 110 valence electrons. The molecule has 5 nitrogen and oxygen atoms in total. The Balaban J connectivity index is 2.44. The van der Waals surface area contributed by atoms with E-state index < -0.39 is 16.8 Å². The van der Waals surface area contributed by atoms with E-state index in [0.29, 0.717) is 10.0 Å². The van der Waals surface area contributed by atoms with Gasteiger partial charge in [-0.05, 0) is 36.8 Å². The number of aliphatic hydroxyl groups excluding tert-OH is 1. The van der Waals surface area contributed by atoms with Crippen molar-refractivity contribution < 1.29 is 19.2 Å². The summed E-state index contributed by atoms with van der Waals surface area (Å²) in [6, 6.07) is 8.09. The normalized spacial score (nSPS) is 12.0. The van der Waals surface area contributed by atoms with Gasteiger partial charge >= 0.3 is 5.69 Å². The van der Waals surface area contributed by atoms with E-state index in [0.717, 1.165) is 0 Å². The molecule has 2 rings (SSSR count). The number of hydrogen-bond donors (Lipinski definition) is 1. The Labute approximate surface area is 128 Å². The highest BCUT2D eigenvalue weighted by atomic mass is 79.9. The summed E-state index contributed by atoms with van der Waals surface area (Å²) in [7, 11) is 0. The van der Waals surface area contributed by atoms with Gasteiger partial charge in [0, 0.05) is 10.5 Å².